The van der Waals surface area contributed by atoms with Crippen LogP contribution in [0.3, 0.4) is 0 Å². The highest BCUT2D eigenvalue weighted by Gasteiger charge is 2.26. The SMILES string of the molecule is COC[C@H]1CCCN1c1cc(C)nc2cc(CO)c(C)cc12. The van der Waals surface area contributed by atoms with Crippen LogP contribution in [-0.4, -0.2) is 36.4 Å². The number of ether oxygens (including phenoxy) is 1. The lowest BCUT2D eigenvalue weighted by Gasteiger charge is -2.28. The van der Waals surface area contributed by atoms with E-state index in [1.165, 1.54) is 23.9 Å². The summed E-state index contributed by atoms with van der Waals surface area (Å²) in [5.41, 5.74) is 5.29. The maximum atomic E-state index is 9.49. The van der Waals surface area contributed by atoms with Crippen LogP contribution in [0.2, 0.25) is 0 Å². The monoisotopic (exact) mass is 300 g/mol. The summed E-state index contributed by atoms with van der Waals surface area (Å²) in [5, 5.41) is 10.7. The Labute approximate surface area is 131 Å². The van der Waals surface area contributed by atoms with E-state index in [1.54, 1.807) is 7.11 Å². The first kappa shape index (κ1) is 15.3. The summed E-state index contributed by atoms with van der Waals surface area (Å²) < 4.78 is 5.39. The Morgan fingerprint density at radius 2 is 2.14 bits per heavy atom. The zero-order chi connectivity index (χ0) is 15.7. The van der Waals surface area contributed by atoms with Crippen molar-refractivity contribution in [2.24, 2.45) is 0 Å². The third-order valence-electron chi connectivity index (χ3n) is 4.59. The molecule has 118 valence electrons. The first-order chi connectivity index (χ1) is 10.6. The molecule has 2 heterocycles. The fourth-order valence-electron chi connectivity index (χ4n) is 3.46. The number of aryl methyl sites for hydroxylation is 2. The molecular weight excluding hydrogens is 276 g/mol. The quantitative estimate of drug-likeness (QED) is 0.943. The second-order valence-electron chi connectivity index (χ2n) is 6.18. The molecule has 1 aliphatic heterocycles. The van der Waals surface area contributed by atoms with Gasteiger partial charge in [0.05, 0.1) is 24.8 Å². The average molecular weight is 300 g/mol. The second kappa shape index (κ2) is 6.23. The fraction of sp³-hybridized carbons (Fsp3) is 0.500. The van der Waals surface area contributed by atoms with E-state index in [1.807, 2.05) is 19.9 Å². The lowest BCUT2D eigenvalue weighted by molar-refractivity contribution is 0.181. The number of pyridine rings is 1. The summed E-state index contributed by atoms with van der Waals surface area (Å²) in [6, 6.07) is 6.79. The van der Waals surface area contributed by atoms with Gasteiger partial charge in [0.15, 0.2) is 0 Å². The van der Waals surface area contributed by atoms with E-state index in [4.69, 9.17) is 4.74 Å². The van der Waals surface area contributed by atoms with Crippen molar-refractivity contribution in [3.05, 3.63) is 35.0 Å². The van der Waals surface area contributed by atoms with E-state index < -0.39 is 0 Å². The van der Waals surface area contributed by atoms with Gasteiger partial charge in [0.25, 0.3) is 0 Å². The predicted molar refractivity (Wildman–Crippen MR) is 89.4 cm³/mol. The van der Waals surface area contributed by atoms with Crippen molar-refractivity contribution in [2.45, 2.75) is 39.3 Å². The normalized spacial score (nSPS) is 18.4. The van der Waals surface area contributed by atoms with Gasteiger partial charge in [-0.2, -0.15) is 0 Å². The first-order valence-corrected chi connectivity index (χ1v) is 7.91. The maximum Gasteiger partial charge on any atom is 0.0729 e. The molecule has 2 aromatic rings. The van der Waals surface area contributed by atoms with Gasteiger partial charge in [0.1, 0.15) is 0 Å². The number of fused-ring (bicyclic) bond motifs is 1. The van der Waals surface area contributed by atoms with Gasteiger partial charge in [0.2, 0.25) is 0 Å². The van der Waals surface area contributed by atoms with Gasteiger partial charge in [0, 0.05) is 30.4 Å². The highest BCUT2D eigenvalue weighted by atomic mass is 16.5. The highest BCUT2D eigenvalue weighted by Crippen LogP contribution is 2.33. The summed E-state index contributed by atoms with van der Waals surface area (Å²) in [6.45, 7) is 5.96. The van der Waals surface area contributed by atoms with Crippen molar-refractivity contribution in [1.29, 1.82) is 0 Å². The number of aromatic nitrogens is 1. The largest absolute Gasteiger partial charge is 0.392 e. The standard InChI is InChI=1S/C18H24N2O2/c1-12-7-16-17(9-14(12)10-21)19-13(2)8-18(16)20-6-4-5-15(20)11-22-3/h7-9,15,21H,4-6,10-11H2,1-3H3/t15-/m1/s1. The lowest BCUT2D eigenvalue weighted by Crippen LogP contribution is -2.33. The Hall–Kier alpha value is -1.65. The minimum atomic E-state index is 0.0583. The molecule has 0 saturated carbocycles. The Balaban J connectivity index is 2.14. The third kappa shape index (κ3) is 2.69. The van der Waals surface area contributed by atoms with Crippen LogP contribution in [0.4, 0.5) is 5.69 Å². The number of hydrogen-bond donors (Lipinski definition) is 1. The Morgan fingerprint density at radius 1 is 1.32 bits per heavy atom. The molecule has 0 amide bonds. The smallest absolute Gasteiger partial charge is 0.0729 e. The van der Waals surface area contributed by atoms with Crippen molar-refractivity contribution < 1.29 is 9.84 Å². The number of aliphatic hydroxyl groups is 1. The molecule has 1 aromatic carbocycles. The molecule has 0 bridgehead atoms. The minimum absolute atomic E-state index is 0.0583. The Bertz CT molecular complexity index is 684. The molecule has 1 saturated heterocycles. The zero-order valence-electron chi connectivity index (χ0n) is 13.6. The van der Waals surface area contributed by atoms with Crippen molar-refractivity contribution in [1.82, 2.24) is 4.98 Å². The van der Waals surface area contributed by atoms with E-state index >= 15 is 0 Å². The molecule has 1 aromatic heterocycles. The summed E-state index contributed by atoms with van der Waals surface area (Å²) in [4.78, 5) is 7.12. The predicted octanol–water partition coefficient (Wildman–Crippen LogP) is 2.96. The van der Waals surface area contributed by atoms with Crippen LogP contribution in [0, 0.1) is 13.8 Å². The molecule has 4 nitrogen and oxygen atoms in total. The summed E-state index contributed by atoms with van der Waals surface area (Å²) >= 11 is 0. The summed E-state index contributed by atoms with van der Waals surface area (Å²) in [7, 11) is 1.77. The lowest BCUT2D eigenvalue weighted by atomic mass is 10.0. The van der Waals surface area contributed by atoms with Gasteiger partial charge in [-0.1, -0.05) is 0 Å². The average Bonchev–Trinajstić information content (AvgIpc) is 2.95. The molecule has 0 aliphatic carbocycles. The van der Waals surface area contributed by atoms with E-state index in [0.29, 0.717) is 6.04 Å². The number of hydrogen-bond acceptors (Lipinski definition) is 4. The molecule has 3 rings (SSSR count). The van der Waals surface area contributed by atoms with E-state index in [-0.39, 0.29) is 6.61 Å². The fourth-order valence-corrected chi connectivity index (χ4v) is 3.46. The van der Waals surface area contributed by atoms with Gasteiger partial charge < -0.3 is 14.7 Å². The number of rotatable bonds is 4. The summed E-state index contributed by atoms with van der Waals surface area (Å²) in [5.74, 6) is 0. The maximum absolute atomic E-state index is 9.49. The van der Waals surface area contributed by atoms with E-state index in [9.17, 15) is 5.11 Å². The molecule has 1 atom stereocenters. The molecular formula is C18H24N2O2. The summed E-state index contributed by atoms with van der Waals surface area (Å²) in [6.07, 6.45) is 2.37. The topological polar surface area (TPSA) is 45.6 Å². The number of aliphatic hydroxyl groups excluding tert-OH is 1. The second-order valence-corrected chi connectivity index (χ2v) is 6.18. The van der Waals surface area contributed by atoms with Crippen molar-refractivity contribution in [3.63, 3.8) is 0 Å². The zero-order valence-corrected chi connectivity index (χ0v) is 13.6. The highest BCUT2D eigenvalue weighted by molar-refractivity contribution is 5.93. The van der Waals surface area contributed by atoms with Crippen LogP contribution in [0.25, 0.3) is 10.9 Å². The Morgan fingerprint density at radius 3 is 2.86 bits per heavy atom. The first-order valence-electron chi connectivity index (χ1n) is 7.91. The molecule has 0 unspecified atom stereocenters. The molecule has 4 heteroatoms. The Kier molecular flexibility index (Phi) is 4.32. The number of methoxy groups -OCH3 is 1. The van der Waals surface area contributed by atoms with Gasteiger partial charge in [-0.15, -0.1) is 0 Å². The van der Waals surface area contributed by atoms with Gasteiger partial charge >= 0.3 is 0 Å². The number of nitrogens with zero attached hydrogens (tertiary/aromatic N) is 2. The molecule has 0 radical (unpaired) electrons. The van der Waals surface area contributed by atoms with Crippen LogP contribution in [0.15, 0.2) is 18.2 Å². The number of anilines is 1. The minimum Gasteiger partial charge on any atom is -0.392 e. The van der Waals surface area contributed by atoms with E-state index in [2.05, 4.69) is 22.0 Å². The third-order valence-corrected chi connectivity index (χ3v) is 4.59. The van der Waals surface area contributed by atoms with Crippen LogP contribution in [0.5, 0.6) is 0 Å². The van der Waals surface area contributed by atoms with E-state index in [0.717, 1.165) is 35.5 Å². The van der Waals surface area contributed by atoms with Gasteiger partial charge in [-0.05, 0) is 56.0 Å². The molecule has 0 spiro atoms. The van der Waals surface area contributed by atoms with Crippen molar-refractivity contribution >= 4 is 16.6 Å². The van der Waals surface area contributed by atoms with Crippen LogP contribution < -0.4 is 4.90 Å². The van der Waals surface area contributed by atoms with Gasteiger partial charge in [-0.3, -0.25) is 4.98 Å². The molecule has 1 N–H and O–H groups in total. The van der Waals surface area contributed by atoms with Crippen LogP contribution >= 0.6 is 0 Å². The number of benzene rings is 1. The van der Waals surface area contributed by atoms with Gasteiger partial charge in [-0.25, -0.2) is 0 Å². The van der Waals surface area contributed by atoms with Crippen LogP contribution in [0.1, 0.15) is 29.7 Å². The molecule has 1 aliphatic rings. The van der Waals surface area contributed by atoms with Crippen molar-refractivity contribution in [3.8, 4) is 0 Å². The molecule has 1 fully saturated rings. The molecule has 22 heavy (non-hydrogen) atoms. The van der Waals surface area contributed by atoms with Crippen LogP contribution in [-0.2, 0) is 11.3 Å². The van der Waals surface area contributed by atoms with Crippen molar-refractivity contribution in [2.75, 3.05) is 25.2 Å².